The van der Waals surface area contributed by atoms with Gasteiger partial charge in [0.25, 0.3) is 0 Å². The molecule has 132 valence electrons. The number of esters is 1. The molecule has 1 N–H and O–H groups in total. The molecule has 6 nitrogen and oxygen atoms in total. The van der Waals surface area contributed by atoms with Gasteiger partial charge in [0.15, 0.2) is 0 Å². The zero-order valence-electron chi connectivity index (χ0n) is 14.1. The van der Waals surface area contributed by atoms with E-state index in [9.17, 15) is 9.90 Å². The summed E-state index contributed by atoms with van der Waals surface area (Å²) in [5, 5.41) is 18.9. The van der Waals surface area contributed by atoms with Gasteiger partial charge >= 0.3 is 5.97 Å². The molecule has 3 rings (SSSR count). The Balaban J connectivity index is 1.93. The molecule has 1 fully saturated rings. The molecule has 0 spiro atoms. The van der Waals surface area contributed by atoms with E-state index >= 15 is 0 Å². The van der Waals surface area contributed by atoms with E-state index in [2.05, 4.69) is 10.3 Å². The summed E-state index contributed by atoms with van der Waals surface area (Å²) >= 11 is 5.95. The molecule has 0 aliphatic carbocycles. The van der Waals surface area contributed by atoms with Crippen molar-refractivity contribution in [1.29, 1.82) is 0 Å². The molecule has 1 aromatic carbocycles. The number of halogens is 1. The highest BCUT2D eigenvalue weighted by Crippen LogP contribution is 2.24. The number of carbonyl (C=O) groups is 1. The Bertz CT molecular complexity index is 783. The van der Waals surface area contributed by atoms with Gasteiger partial charge in [0, 0.05) is 11.4 Å². The van der Waals surface area contributed by atoms with Crippen molar-refractivity contribution in [2.75, 3.05) is 0 Å². The molecule has 2 aromatic rings. The van der Waals surface area contributed by atoms with Crippen molar-refractivity contribution in [2.24, 2.45) is 0 Å². The van der Waals surface area contributed by atoms with Crippen LogP contribution in [0.3, 0.4) is 0 Å². The fourth-order valence-electron chi connectivity index (χ4n) is 2.77. The summed E-state index contributed by atoms with van der Waals surface area (Å²) in [6, 6.07) is 7.31. The molecule has 1 saturated heterocycles. The number of aromatic nitrogens is 3. The normalized spacial score (nSPS) is 21.1. The van der Waals surface area contributed by atoms with Crippen molar-refractivity contribution < 1.29 is 14.6 Å². The average molecular weight is 362 g/mol. The molecule has 0 amide bonds. The first-order chi connectivity index (χ1) is 11.9. The van der Waals surface area contributed by atoms with Crippen molar-refractivity contribution in [3.05, 3.63) is 46.8 Å². The molecular weight excluding hydrogens is 342 g/mol. The van der Waals surface area contributed by atoms with Crippen molar-refractivity contribution in [3.63, 3.8) is 0 Å². The third-order valence-corrected chi connectivity index (χ3v) is 4.26. The van der Waals surface area contributed by atoms with Gasteiger partial charge in [-0.05, 0) is 42.3 Å². The van der Waals surface area contributed by atoms with Crippen LogP contribution in [0.2, 0.25) is 5.02 Å². The van der Waals surface area contributed by atoms with E-state index in [1.54, 1.807) is 22.9 Å². The molecule has 0 bridgehead atoms. The summed E-state index contributed by atoms with van der Waals surface area (Å²) in [5.74, 6) is -0.206. The van der Waals surface area contributed by atoms with Gasteiger partial charge in [0.05, 0.1) is 29.6 Å². The standard InChI is InChI=1S/C18H20ClN3O3/c1-11(2)18-16(8-7-15-9-14(23)10-17(24)25-15)22(21-20-18)13-5-3-12(19)4-6-13/h3-8,11,14-15,23H,9-10H2,1-2H3. The smallest absolute Gasteiger partial charge is 0.309 e. The number of nitrogens with zero attached hydrogens (tertiary/aromatic N) is 3. The highest BCUT2D eigenvalue weighted by Gasteiger charge is 2.25. The van der Waals surface area contributed by atoms with Crippen LogP contribution >= 0.6 is 11.6 Å². The Hall–Kier alpha value is -2.18. The topological polar surface area (TPSA) is 77.2 Å². The predicted octanol–water partition coefficient (Wildman–Crippen LogP) is 3.12. The number of aliphatic hydroxyl groups is 1. The Morgan fingerprint density at radius 1 is 1.36 bits per heavy atom. The van der Waals surface area contributed by atoms with E-state index in [0.29, 0.717) is 11.4 Å². The van der Waals surface area contributed by atoms with E-state index in [4.69, 9.17) is 16.3 Å². The van der Waals surface area contributed by atoms with Crippen LogP contribution in [0.15, 0.2) is 30.3 Å². The summed E-state index contributed by atoms with van der Waals surface area (Å²) in [6.07, 6.45) is 2.94. The quantitative estimate of drug-likeness (QED) is 0.846. The zero-order valence-corrected chi connectivity index (χ0v) is 14.8. The summed E-state index contributed by atoms with van der Waals surface area (Å²) in [6.45, 7) is 4.08. The fraction of sp³-hybridized carbons (Fsp3) is 0.389. The number of benzene rings is 1. The Kier molecular flexibility index (Phi) is 5.20. The Morgan fingerprint density at radius 3 is 2.72 bits per heavy atom. The van der Waals surface area contributed by atoms with Crippen LogP contribution < -0.4 is 0 Å². The molecule has 2 heterocycles. The van der Waals surface area contributed by atoms with Gasteiger partial charge < -0.3 is 9.84 Å². The van der Waals surface area contributed by atoms with Gasteiger partial charge in [-0.15, -0.1) is 5.10 Å². The zero-order chi connectivity index (χ0) is 18.0. The van der Waals surface area contributed by atoms with Gasteiger partial charge in [-0.1, -0.05) is 30.7 Å². The van der Waals surface area contributed by atoms with Crippen LogP contribution in [0, 0.1) is 0 Å². The molecule has 0 saturated carbocycles. The second kappa shape index (κ2) is 7.37. The first-order valence-corrected chi connectivity index (χ1v) is 8.59. The highest BCUT2D eigenvalue weighted by molar-refractivity contribution is 6.30. The van der Waals surface area contributed by atoms with Crippen molar-refractivity contribution in [3.8, 4) is 5.69 Å². The summed E-state index contributed by atoms with van der Waals surface area (Å²) in [7, 11) is 0. The van der Waals surface area contributed by atoms with Crippen LogP contribution in [0.4, 0.5) is 0 Å². The predicted molar refractivity (Wildman–Crippen MR) is 94.6 cm³/mol. The lowest BCUT2D eigenvalue weighted by Gasteiger charge is -2.23. The van der Waals surface area contributed by atoms with Crippen LogP contribution in [-0.2, 0) is 9.53 Å². The average Bonchev–Trinajstić information content (AvgIpc) is 2.97. The lowest BCUT2D eigenvalue weighted by molar-refractivity contribution is -0.156. The van der Waals surface area contributed by atoms with E-state index in [1.807, 2.05) is 32.1 Å². The third-order valence-electron chi connectivity index (χ3n) is 4.01. The molecule has 1 aromatic heterocycles. The molecule has 2 atom stereocenters. The highest BCUT2D eigenvalue weighted by atomic mass is 35.5. The van der Waals surface area contributed by atoms with Crippen molar-refractivity contribution in [1.82, 2.24) is 15.0 Å². The first kappa shape index (κ1) is 17.6. The number of rotatable bonds is 4. The van der Waals surface area contributed by atoms with Crippen molar-refractivity contribution >= 4 is 23.6 Å². The molecule has 25 heavy (non-hydrogen) atoms. The molecule has 1 aliphatic rings. The van der Waals surface area contributed by atoms with Crippen LogP contribution in [0.5, 0.6) is 0 Å². The SMILES string of the molecule is CC(C)c1nnn(-c2ccc(Cl)cc2)c1C=CC1CC(O)CC(=O)O1. The number of hydrogen-bond donors (Lipinski definition) is 1. The summed E-state index contributed by atoms with van der Waals surface area (Å²) in [4.78, 5) is 11.5. The van der Waals surface area contributed by atoms with Gasteiger partial charge in [-0.25, -0.2) is 4.68 Å². The monoisotopic (exact) mass is 361 g/mol. The third kappa shape index (κ3) is 4.08. The van der Waals surface area contributed by atoms with E-state index in [-0.39, 0.29) is 18.3 Å². The van der Waals surface area contributed by atoms with Crippen molar-refractivity contribution in [2.45, 2.75) is 44.8 Å². The van der Waals surface area contributed by atoms with E-state index in [1.165, 1.54) is 0 Å². The maximum Gasteiger partial charge on any atom is 0.309 e. The maximum absolute atomic E-state index is 11.5. The number of aliphatic hydroxyl groups excluding tert-OH is 1. The largest absolute Gasteiger partial charge is 0.458 e. The van der Waals surface area contributed by atoms with E-state index in [0.717, 1.165) is 17.1 Å². The number of hydrogen-bond acceptors (Lipinski definition) is 5. The molecule has 2 unspecified atom stereocenters. The lowest BCUT2D eigenvalue weighted by atomic mass is 10.0. The first-order valence-electron chi connectivity index (χ1n) is 8.21. The summed E-state index contributed by atoms with van der Waals surface area (Å²) in [5.41, 5.74) is 2.49. The fourth-order valence-corrected chi connectivity index (χ4v) is 2.89. The van der Waals surface area contributed by atoms with E-state index < -0.39 is 12.2 Å². The molecule has 0 radical (unpaired) electrons. The van der Waals surface area contributed by atoms with Gasteiger partial charge in [-0.3, -0.25) is 4.79 Å². The maximum atomic E-state index is 11.5. The second-order valence-electron chi connectivity index (χ2n) is 6.38. The molecule has 7 heteroatoms. The minimum Gasteiger partial charge on any atom is -0.458 e. The Labute approximate surface area is 151 Å². The minimum atomic E-state index is -0.667. The van der Waals surface area contributed by atoms with Crippen LogP contribution in [0.1, 0.15) is 44.0 Å². The van der Waals surface area contributed by atoms with Gasteiger partial charge in [0.2, 0.25) is 0 Å². The molecular formula is C18H20ClN3O3. The summed E-state index contributed by atoms with van der Waals surface area (Å²) < 4.78 is 6.99. The molecule has 1 aliphatic heterocycles. The number of ether oxygens (including phenoxy) is 1. The number of cyclic esters (lactones) is 1. The second-order valence-corrected chi connectivity index (χ2v) is 6.82. The minimum absolute atomic E-state index is 0.0475. The van der Waals surface area contributed by atoms with Crippen LogP contribution in [-0.4, -0.2) is 38.3 Å². The number of carbonyl (C=O) groups excluding carboxylic acids is 1. The van der Waals surface area contributed by atoms with Gasteiger partial charge in [0.1, 0.15) is 6.10 Å². The van der Waals surface area contributed by atoms with Gasteiger partial charge in [-0.2, -0.15) is 0 Å². The lowest BCUT2D eigenvalue weighted by Crippen LogP contribution is -2.31. The Morgan fingerprint density at radius 2 is 2.08 bits per heavy atom. The van der Waals surface area contributed by atoms with Crippen LogP contribution in [0.25, 0.3) is 11.8 Å².